The van der Waals surface area contributed by atoms with Gasteiger partial charge in [-0.15, -0.1) is 0 Å². The number of hydrogen-bond acceptors (Lipinski definition) is 4. The Labute approximate surface area is 118 Å². The zero-order valence-corrected chi connectivity index (χ0v) is 12.5. The normalized spacial score (nSPS) is 12.6. The summed E-state index contributed by atoms with van der Waals surface area (Å²) < 4.78 is 7.33. The number of methoxy groups -OCH3 is 1. The second-order valence-corrected chi connectivity index (χ2v) is 5.34. The highest BCUT2D eigenvalue weighted by Crippen LogP contribution is 2.27. The van der Waals surface area contributed by atoms with Crippen molar-refractivity contribution in [3.05, 3.63) is 34.3 Å². The van der Waals surface area contributed by atoms with E-state index in [1.54, 1.807) is 24.6 Å². The van der Waals surface area contributed by atoms with Crippen LogP contribution in [-0.4, -0.2) is 23.4 Å². The molecule has 5 heteroatoms. The Bertz CT molecular complexity index is 493. The van der Waals surface area contributed by atoms with Gasteiger partial charge in [0, 0.05) is 7.05 Å². The van der Waals surface area contributed by atoms with Crippen LogP contribution in [-0.2, 0) is 13.5 Å². The van der Waals surface area contributed by atoms with E-state index in [4.69, 9.17) is 4.74 Å². The Morgan fingerprint density at radius 3 is 3.00 bits per heavy atom. The summed E-state index contributed by atoms with van der Waals surface area (Å²) in [7, 11) is 3.66. The summed E-state index contributed by atoms with van der Waals surface area (Å²) in [5, 5.41) is 12.2. The van der Waals surface area contributed by atoms with Crippen molar-refractivity contribution in [3.8, 4) is 5.75 Å². The van der Waals surface area contributed by atoms with Crippen LogP contribution in [0.15, 0.2) is 23.0 Å². The van der Waals surface area contributed by atoms with Crippen LogP contribution in [0.5, 0.6) is 5.75 Å². The number of rotatable bonds is 7. The van der Waals surface area contributed by atoms with Crippen molar-refractivity contribution in [2.24, 2.45) is 7.05 Å². The number of ether oxygens (including phenoxy) is 1. The van der Waals surface area contributed by atoms with E-state index in [1.807, 2.05) is 11.7 Å². The standard InChI is InChI=1S/C14H21N3OS/c1-4-6-15-12(8-11-5-7-19-10-11)14-13(18-3)9-16-17(14)2/h5,7,9-10,12,15H,4,6,8H2,1-3H3. The Hall–Kier alpha value is -1.33. The van der Waals surface area contributed by atoms with E-state index in [0.717, 1.165) is 30.8 Å². The Morgan fingerprint density at radius 2 is 2.37 bits per heavy atom. The Balaban J connectivity index is 2.23. The van der Waals surface area contributed by atoms with E-state index in [2.05, 4.69) is 34.2 Å². The first kappa shape index (κ1) is 14.1. The van der Waals surface area contributed by atoms with Gasteiger partial charge in [0.15, 0.2) is 5.75 Å². The molecule has 0 radical (unpaired) electrons. The topological polar surface area (TPSA) is 39.1 Å². The first-order valence-corrected chi connectivity index (χ1v) is 7.50. The lowest BCUT2D eigenvalue weighted by atomic mass is 10.1. The monoisotopic (exact) mass is 279 g/mol. The summed E-state index contributed by atoms with van der Waals surface area (Å²) in [6.45, 7) is 3.16. The van der Waals surface area contributed by atoms with Crippen molar-refractivity contribution in [1.29, 1.82) is 0 Å². The molecular formula is C14H21N3OS. The summed E-state index contributed by atoms with van der Waals surface area (Å²) in [4.78, 5) is 0. The number of aromatic nitrogens is 2. The van der Waals surface area contributed by atoms with Gasteiger partial charge in [-0.25, -0.2) is 0 Å². The van der Waals surface area contributed by atoms with Gasteiger partial charge >= 0.3 is 0 Å². The summed E-state index contributed by atoms with van der Waals surface area (Å²) in [5.41, 5.74) is 2.46. The van der Waals surface area contributed by atoms with Crippen molar-refractivity contribution >= 4 is 11.3 Å². The van der Waals surface area contributed by atoms with Gasteiger partial charge in [-0.3, -0.25) is 4.68 Å². The lowest BCUT2D eigenvalue weighted by Gasteiger charge is -2.19. The summed E-state index contributed by atoms with van der Waals surface area (Å²) in [6.07, 6.45) is 3.85. The lowest BCUT2D eigenvalue weighted by molar-refractivity contribution is 0.392. The maximum atomic E-state index is 5.43. The van der Waals surface area contributed by atoms with Gasteiger partial charge in [-0.1, -0.05) is 6.92 Å². The highest BCUT2D eigenvalue weighted by molar-refractivity contribution is 7.07. The third-order valence-electron chi connectivity index (χ3n) is 3.16. The molecule has 0 aromatic carbocycles. The molecule has 104 valence electrons. The molecule has 4 nitrogen and oxygen atoms in total. The molecule has 0 aliphatic heterocycles. The zero-order chi connectivity index (χ0) is 13.7. The highest BCUT2D eigenvalue weighted by Gasteiger charge is 2.20. The molecule has 2 heterocycles. The fourth-order valence-electron chi connectivity index (χ4n) is 2.21. The maximum absolute atomic E-state index is 5.43. The van der Waals surface area contributed by atoms with E-state index >= 15 is 0 Å². The average molecular weight is 279 g/mol. The molecule has 1 unspecified atom stereocenters. The van der Waals surface area contributed by atoms with Gasteiger partial charge in [0.2, 0.25) is 0 Å². The van der Waals surface area contributed by atoms with Crippen LogP contribution in [0.3, 0.4) is 0 Å². The fraction of sp³-hybridized carbons (Fsp3) is 0.500. The summed E-state index contributed by atoms with van der Waals surface area (Å²) in [5.74, 6) is 0.853. The molecule has 0 saturated carbocycles. The predicted octanol–water partition coefficient (Wildman–Crippen LogP) is 2.77. The van der Waals surface area contributed by atoms with Gasteiger partial charge < -0.3 is 10.1 Å². The molecule has 0 aliphatic rings. The second-order valence-electron chi connectivity index (χ2n) is 4.56. The molecule has 1 N–H and O–H groups in total. The van der Waals surface area contributed by atoms with Crippen molar-refractivity contribution < 1.29 is 4.74 Å². The van der Waals surface area contributed by atoms with Gasteiger partial charge in [0.25, 0.3) is 0 Å². The molecule has 1 atom stereocenters. The minimum atomic E-state index is 0.233. The van der Waals surface area contributed by atoms with Gasteiger partial charge in [0.05, 0.1) is 25.0 Å². The van der Waals surface area contributed by atoms with Crippen molar-refractivity contribution in [2.75, 3.05) is 13.7 Å². The van der Waals surface area contributed by atoms with E-state index in [0.29, 0.717) is 0 Å². The average Bonchev–Trinajstić information content (AvgIpc) is 3.04. The third-order valence-corrected chi connectivity index (χ3v) is 3.89. The molecule has 2 aromatic heterocycles. The Morgan fingerprint density at radius 1 is 1.53 bits per heavy atom. The molecule has 19 heavy (non-hydrogen) atoms. The summed E-state index contributed by atoms with van der Waals surface area (Å²) >= 11 is 1.74. The van der Waals surface area contributed by atoms with E-state index in [9.17, 15) is 0 Å². The van der Waals surface area contributed by atoms with Crippen LogP contribution in [0.2, 0.25) is 0 Å². The molecular weight excluding hydrogens is 258 g/mol. The maximum Gasteiger partial charge on any atom is 0.161 e. The van der Waals surface area contributed by atoms with Gasteiger partial charge in [-0.2, -0.15) is 16.4 Å². The van der Waals surface area contributed by atoms with E-state index in [-0.39, 0.29) is 6.04 Å². The van der Waals surface area contributed by atoms with Crippen LogP contribution in [0, 0.1) is 0 Å². The fourth-order valence-corrected chi connectivity index (χ4v) is 2.89. The van der Waals surface area contributed by atoms with Crippen LogP contribution in [0.1, 0.15) is 30.6 Å². The SMILES string of the molecule is CCCNC(Cc1ccsc1)c1c(OC)cnn1C. The lowest BCUT2D eigenvalue weighted by Crippen LogP contribution is -2.26. The first-order chi connectivity index (χ1) is 9.26. The predicted molar refractivity (Wildman–Crippen MR) is 78.8 cm³/mol. The van der Waals surface area contributed by atoms with Crippen LogP contribution in [0.25, 0.3) is 0 Å². The molecule has 0 amide bonds. The molecule has 0 bridgehead atoms. The van der Waals surface area contributed by atoms with E-state index in [1.165, 1.54) is 5.56 Å². The molecule has 0 aliphatic carbocycles. The van der Waals surface area contributed by atoms with E-state index < -0.39 is 0 Å². The highest BCUT2D eigenvalue weighted by atomic mass is 32.1. The number of hydrogen-bond donors (Lipinski definition) is 1. The smallest absolute Gasteiger partial charge is 0.161 e. The van der Waals surface area contributed by atoms with Crippen molar-refractivity contribution in [3.63, 3.8) is 0 Å². The van der Waals surface area contributed by atoms with Crippen LogP contribution < -0.4 is 10.1 Å². The number of nitrogens with one attached hydrogen (secondary N) is 1. The minimum absolute atomic E-state index is 0.233. The molecule has 2 aromatic rings. The number of nitrogens with zero attached hydrogens (tertiary/aromatic N) is 2. The van der Waals surface area contributed by atoms with Gasteiger partial charge in [0.1, 0.15) is 0 Å². The van der Waals surface area contributed by atoms with Crippen molar-refractivity contribution in [1.82, 2.24) is 15.1 Å². The molecule has 0 fully saturated rings. The largest absolute Gasteiger partial charge is 0.493 e. The third kappa shape index (κ3) is 3.36. The van der Waals surface area contributed by atoms with Crippen molar-refractivity contribution in [2.45, 2.75) is 25.8 Å². The zero-order valence-electron chi connectivity index (χ0n) is 11.7. The second kappa shape index (κ2) is 6.73. The first-order valence-electron chi connectivity index (χ1n) is 6.56. The van der Waals surface area contributed by atoms with Crippen LogP contribution in [0.4, 0.5) is 0 Å². The molecule has 0 saturated heterocycles. The van der Waals surface area contributed by atoms with Gasteiger partial charge in [-0.05, 0) is 41.8 Å². The Kier molecular flexibility index (Phi) is 4.99. The number of thiophene rings is 1. The quantitative estimate of drug-likeness (QED) is 0.847. The molecule has 0 spiro atoms. The van der Waals surface area contributed by atoms with Crippen LogP contribution >= 0.6 is 11.3 Å². The summed E-state index contributed by atoms with van der Waals surface area (Å²) in [6, 6.07) is 2.41. The molecule has 2 rings (SSSR count). The minimum Gasteiger partial charge on any atom is -0.493 e. The number of aryl methyl sites for hydroxylation is 1.